The van der Waals surface area contributed by atoms with Crippen molar-refractivity contribution in [3.63, 3.8) is 0 Å². The number of nitrogens with zero attached hydrogens (tertiary/aromatic N) is 2. The van der Waals surface area contributed by atoms with Crippen LogP contribution in [0.5, 0.6) is 0 Å². The van der Waals surface area contributed by atoms with E-state index in [0.29, 0.717) is 5.54 Å². The fourth-order valence-electron chi connectivity index (χ4n) is 5.42. The maximum atomic E-state index is 6.35. The SMILES string of the molecule is CCC1CCCCC1(CN)N1CCC(N2CCCCC2)C1. The lowest BCUT2D eigenvalue weighted by Crippen LogP contribution is -2.59. The molecule has 2 saturated heterocycles. The molecule has 3 nitrogen and oxygen atoms in total. The van der Waals surface area contributed by atoms with Crippen LogP contribution in [0.15, 0.2) is 0 Å². The molecule has 0 aromatic heterocycles. The fraction of sp³-hybridized carbons (Fsp3) is 1.00. The van der Waals surface area contributed by atoms with Crippen molar-refractivity contribution in [3.05, 3.63) is 0 Å². The molecule has 1 aliphatic carbocycles. The summed E-state index contributed by atoms with van der Waals surface area (Å²) in [7, 11) is 0. The van der Waals surface area contributed by atoms with Crippen molar-refractivity contribution in [1.29, 1.82) is 0 Å². The molecule has 3 rings (SSSR count). The van der Waals surface area contributed by atoms with Crippen LogP contribution in [-0.4, -0.2) is 54.1 Å². The standard InChI is InChI=1S/C18H35N3/c1-2-16-8-4-5-10-18(16,15-19)21-13-9-17(14-21)20-11-6-3-7-12-20/h16-17H,2-15,19H2,1H3. The van der Waals surface area contributed by atoms with Crippen LogP contribution in [0.4, 0.5) is 0 Å². The zero-order valence-corrected chi connectivity index (χ0v) is 14.0. The number of rotatable bonds is 4. The molecule has 2 N–H and O–H groups in total. The second-order valence-corrected chi connectivity index (χ2v) is 7.64. The Bertz CT molecular complexity index is 326. The number of piperidine rings is 1. The first-order valence-corrected chi connectivity index (χ1v) is 9.49. The third kappa shape index (κ3) is 3.02. The summed E-state index contributed by atoms with van der Waals surface area (Å²) in [5, 5.41) is 0. The molecular weight excluding hydrogens is 258 g/mol. The van der Waals surface area contributed by atoms with E-state index in [1.807, 2.05) is 0 Å². The van der Waals surface area contributed by atoms with E-state index in [0.717, 1.165) is 18.5 Å². The van der Waals surface area contributed by atoms with Gasteiger partial charge in [-0.2, -0.15) is 0 Å². The topological polar surface area (TPSA) is 32.5 Å². The van der Waals surface area contributed by atoms with Crippen molar-refractivity contribution < 1.29 is 0 Å². The first-order valence-electron chi connectivity index (χ1n) is 9.49. The van der Waals surface area contributed by atoms with Gasteiger partial charge in [-0.3, -0.25) is 9.80 Å². The van der Waals surface area contributed by atoms with Crippen molar-refractivity contribution in [2.24, 2.45) is 11.7 Å². The Balaban J connectivity index is 1.67. The highest BCUT2D eigenvalue weighted by Gasteiger charge is 2.46. The third-order valence-corrected chi connectivity index (χ3v) is 6.72. The summed E-state index contributed by atoms with van der Waals surface area (Å²) in [6.45, 7) is 8.50. The monoisotopic (exact) mass is 293 g/mol. The molecule has 122 valence electrons. The van der Waals surface area contributed by atoms with Gasteiger partial charge in [0.25, 0.3) is 0 Å². The van der Waals surface area contributed by atoms with Crippen LogP contribution in [0.1, 0.15) is 64.7 Å². The van der Waals surface area contributed by atoms with Gasteiger partial charge >= 0.3 is 0 Å². The van der Waals surface area contributed by atoms with Gasteiger partial charge in [-0.05, 0) is 51.1 Å². The summed E-state index contributed by atoms with van der Waals surface area (Å²) < 4.78 is 0. The molecule has 2 heterocycles. The van der Waals surface area contributed by atoms with E-state index in [9.17, 15) is 0 Å². The second kappa shape index (κ2) is 6.97. The minimum absolute atomic E-state index is 0.331. The molecule has 1 saturated carbocycles. The Labute approximate surface area is 131 Å². The Morgan fingerprint density at radius 1 is 1.00 bits per heavy atom. The van der Waals surface area contributed by atoms with Crippen LogP contribution in [0, 0.1) is 5.92 Å². The van der Waals surface area contributed by atoms with Crippen LogP contribution in [0.3, 0.4) is 0 Å². The summed E-state index contributed by atoms with van der Waals surface area (Å²) >= 11 is 0. The number of nitrogens with two attached hydrogens (primary N) is 1. The van der Waals surface area contributed by atoms with E-state index < -0.39 is 0 Å². The molecule has 0 amide bonds. The van der Waals surface area contributed by atoms with Gasteiger partial charge in [0.15, 0.2) is 0 Å². The molecule has 0 spiro atoms. The highest BCUT2D eigenvalue weighted by Crippen LogP contribution is 2.41. The van der Waals surface area contributed by atoms with Crippen LogP contribution < -0.4 is 5.73 Å². The molecule has 3 atom stereocenters. The van der Waals surface area contributed by atoms with Crippen molar-refractivity contribution in [1.82, 2.24) is 9.80 Å². The summed E-state index contributed by atoms with van der Waals surface area (Å²) in [6, 6.07) is 0.813. The molecule has 2 aliphatic heterocycles. The highest BCUT2D eigenvalue weighted by molar-refractivity contribution is 5.03. The molecule has 0 aromatic carbocycles. The Morgan fingerprint density at radius 3 is 2.52 bits per heavy atom. The molecule has 0 bridgehead atoms. The third-order valence-electron chi connectivity index (χ3n) is 6.72. The maximum absolute atomic E-state index is 6.35. The van der Waals surface area contributed by atoms with Crippen LogP contribution in [0.25, 0.3) is 0 Å². The van der Waals surface area contributed by atoms with Gasteiger partial charge in [0.1, 0.15) is 0 Å². The average molecular weight is 293 g/mol. The summed E-state index contributed by atoms with van der Waals surface area (Å²) in [5.74, 6) is 0.830. The van der Waals surface area contributed by atoms with Gasteiger partial charge in [-0.15, -0.1) is 0 Å². The van der Waals surface area contributed by atoms with E-state index in [1.54, 1.807) is 0 Å². The molecule has 21 heavy (non-hydrogen) atoms. The Hall–Kier alpha value is -0.120. The average Bonchev–Trinajstić information content (AvgIpc) is 3.06. The van der Waals surface area contributed by atoms with Gasteiger partial charge in [-0.1, -0.05) is 32.6 Å². The minimum Gasteiger partial charge on any atom is -0.329 e. The van der Waals surface area contributed by atoms with Crippen molar-refractivity contribution >= 4 is 0 Å². The lowest BCUT2D eigenvalue weighted by atomic mass is 9.70. The van der Waals surface area contributed by atoms with E-state index in [-0.39, 0.29) is 0 Å². The highest BCUT2D eigenvalue weighted by atomic mass is 15.3. The second-order valence-electron chi connectivity index (χ2n) is 7.64. The first-order chi connectivity index (χ1) is 10.3. The van der Waals surface area contributed by atoms with E-state index >= 15 is 0 Å². The molecule has 3 aliphatic rings. The van der Waals surface area contributed by atoms with Gasteiger partial charge in [0.05, 0.1) is 0 Å². The molecule has 3 unspecified atom stereocenters. The van der Waals surface area contributed by atoms with Crippen LogP contribution >= 0.6 is 0 Å². The van der Waals surface area contributed by atoms with E-state index in [2.05, 4.69) is 16.7 Å². The van der Waals surface area contributed by atoms with Gasteiger partial charge in [0, 0.05) is 31.2 Å². The zero-order valence-electron chi connectivity index (χ0n) is 14.0. The quantitative estimate of drug-likeness (QED) is 0.865. The minimum atomic E-state index is 0.331. The lowest BCUT2D eigenvalue weighted by molar-refractivity contribution is 0.0148. The molecule has 3 fully saturated rings. The van der Waals surface area contributed by atoms with Gasteiger partial charge in [0.2, 0.25) is 0 Å². The lowest BCUT2D eigenvalue weighted by Gasteiger charge is -2.50. The van der Waals surface area contributed by atoms with Crippen LogP contribution in [-0.2, 0) is 0 Å². The van der Waals surface area contributed by atoms with Gasteiger partial charge in [-0.25, -0.2) is 0 Å². The normalized spacial score (nSPS) is 39.7. The number of likely N-dealkylation sites (tertiary alicyclic amines) is 2. The van der Waals surface area contributed by atoms with Crippen molar-refractivity contribution in [2.75, 3.05) is 32.7 Å². The predicted octanol–water partition coefficient (Wildman–Crippen LogP) is 2.84. The van der Waals surface area contributed by atoms with E-state index in [4.69, 9.17) is 5.73 Å². The number of hydrogen-bond donors (Lipinski definition) is 1. The van der Waals surface area contributed by atoms with Gasteiger partial charge < -0.3 is 5.73 Å². The molecule has 0 radical (unpaired) electrons. The summed E-state index contributed by atoms with van der Waals surface area (Å²) in [6.07, 6.45) is 12.5. The van der Waals surface area contributed by atoms with Crippen molar-refractivity contribution in [2.45, 2.75) is 76.3 Å². The first kappa shape index (κ1) is 15.8. The van der Waals surface area contributed by atoms with E-state index in [1.165, 1.54) is 84.0 Å². The molecular formula is C18H35N3. The smallest absolute Gasteiger partial charge is 0.0360 e. The van der Waals surface area contributed by atoms with Crippen molar-refractivity contribution in [3.8, 4) is 0 Å². The largest absolute Gasteiger partial charge is 0.329 e. The Morgan fingerprint density at radius 2 is 1.81 bits per heavy atom. The predicted molar refractivity (Wildman–Crippen MR) is 89.4 cm³/mol. The summed E-state index contributed by atoms with van der Waals surface area (Å²) in [5.41, 5.74) is 6.68. The fourth-order valence-corrected chi connectivity index (χ4v) is 5.42. The Kier molecular flexibility index (Phi) is 5.23. The maximum Gasteiger partial charge on any atom is 0.0360 e. The molecule has 3 heteroatoms. The zero-order chi connectivity index (χ0) is 14.7. The number of hydrogen-bond acceptors (Lipinski definition) is 3. The van der Waals surface area contributed by atoms with Crippen LogP contribution in [0.2, 0.25) is 0 Å². The molecule has 0 aromatic rings. The summed E-state index contributed by atoms with van der Waals surface area (Å²) in [4.78, 5) is 5.59.